The maximum absolute atomic E-state index is 4.36. The van der Waals surface area contributed by atoms with Gasteiger partial charge in [0.2, 0.25) is 0 Å². The van der Waals surface area contributed by atoms with Crippen molar-refractivity contribution in [2.75, 3.05) is 19.6 Å². The van der Waals surface area contributed by atoms with Gasteiger partial charge in [-0.05, 0) is 19.5 Å². The van der Waals surface area contributed by atoms with E-state index in [0.717, 1.165) is 0 Å². The van der Waals surface area contributed by atoms with Crippen molar-refractivity contribution in [3.63, 3.8) is 0 Å². The highest BCUT2D eigenvalue weighted by atomic mass is 32.1. The molecule has 1 aliphatic heterocycles. The van der Waals surface area contributed by atoms with Gasteiger partial charge in [0.25, 0.3) is 0 Å². The van der Waals surface area contributed by atoms with Crippen LogP contribution in [0.1, 0.15) is 27.2 Å². The van der Waals surface area contributed by atoms with Crippen LogP contribution in [0.15, 0.2) is 0 Å². The summed E-state index contributed by atoms with van der Waals surface area (Å²) in [5.41, 5.74) is 0. The van der Waals surface area contributed by atoms with Crippen LogP contribution in [-0.4, -0.2) is 29.8 Å². The Hall–Kier alpha value is 0.310. The molecular formula is C8H19NS. The van der Waals surface area contributed by atoms with E-state index in [1.54, 1.807) is 0 Å². The van der Waals surface area contributed by atoms with E-state index >= 15 is 0 Å². The summed E-state index contributed by atoms with van der Waals surface area (Å²) >= 11 is 4.36. The van der Waals surface area contributed by atoms with Gasteiger partial charge in [-0.15, -0.1) is 0 Å². The van der Waals surface area contributed by atoms with Crippen molar-refractivity contribution >= 4 is 12.6 Å². The quantitative estimate of drug-likeness (QED) is 0.576. The molecule has 2 heteroatoms. The molecule has 1 unspecified atom stereocenters. The Kier molecular flexibility index (Phi) is 6.24. The lowest BCUT2D eigenvalue weighted by Gasteiger charge is -2.09. The molecule has 0 aliphatic carbocycles. The van der Waals surface area contributed by atoms with Crippen LogP contribution < -0.4 is 0 Å². The molecule has 62 valence electrons. The van der Waals surface area contributed by atoms with Crippen molar-refractivity contribution in [2.45, 2.75) is 32.4 Å². The average molecular weight is 161 g/mol. The average Bonchev–Trinajstić information content (AvgIpc) is 2.40. The van der Waals surface area contributed by atoms with Gasteiger partial charge in [-0.25, -0.2) is 0 Å². The van der Waals surface area contributed by atoms with Crippen molar-refractivity contribution in [2.24, 2.45) is 0 Å². The number of hydrogen-bond donors (Lipinski definition) is 1. The molecule has 1 heterocycles. The summed E-state index contributed by atoms with van der Waals surface area (Å²) in [6, 6.07) is 0. The van der Waals surface area contributed by atoms with Crippen molar-refractivity contribution < 1.29 is 0 Å². The molecule has 10 heavy (non-hydrogen) atoms. The third-order valence-corrected chi connectivity index (χ3v) is 2.12. The van der Waals surface area contributed by atoms with Gasteiger partial charge in [0, 0.05) is 11.8 Å². The molecule has 0 radical (unpaired) electrons. The molecule has 0 aromatic carbocycles. The van der Waals surface area contributed by atoms with E-state index < -0.39 is 0 Å². The second-order valence-electron chi connectivity index (χ2n) is 2.34. The summed E-state index contributed by atoms with van der Waals surface area (Å²) in [5.74, 6) is 0. The highest BCUT2D eigenvalue weighted by molar-refractivity contribution is 7.81. The first-order valence-electron chi connectivity index (χ1n) is 4.23. The van der Waals surface area contributed by atoms with Gasteiger partial charge < -0.3 is 4.90 Å². The number of hydrogen-bond acceptors (Lipinski definition) is 2. The Labute approximate surface area is 70.2 Å². The van der Waals surface area contributed by atoms with Gasteiger partial charge in [0.15, 0.2) is 0 Å². The normalized spacial score (nSPS) is 25.8. The number of likely N-dealkylation sites (tertiary alicyclic amines) is 1. The molecule has 0 amide bonds. The van der Waals surface area contributed by atoms with Crippen molar-refractivity contribution in [1.29, 1.82) is 0 Å². The fourth-order valence-corrected chi connectivity index (χ4v) is 1.45. The third-order valence-electron chi connectivity index (χ3n) is 1.69. The first-order valence-corrected chi connectivity index (χ1v) is 4.75. The summed E-state index contributed by atoms with van der Waals surface area (Å²) in [4.78, 5) is 2.43. The number of thiol groups is 1. The SMILES string of the molecule is CC.CCN1CCC(S)C1. The molecule has 0 spiro atoms. The number of nitrogens with zero attached hydrogens (tertiary/aromatic N) is 1. The minimum Gasteiger partial charge on any atom is -0.302 e. The molecule has 1 nitrogen and oxygen atoms in total. The highest BCUT2D eigenvalue weighted by Crippen LogP contribution is 2.12. The molecule has 1 fully saturated rings. The van der Waals surface area contributed by atoms with Gasteiger partial charge in [-0.2, -0.15) is 12.6 Å². The minimum atomic E-state index is 0.648. The molecule has 1 aliphatic rings. The van der Waals surface area contributed by atoms with Crippen molar-refractivity contribution in [1.82, 2.24) is 4.90 Å². The fraction of sp³-hybridized carbons (Fsp3) is 1.00. The van der Waals surface area contributed by atoms with Crippen LogP contribution in [0.4, 0.5) is 0 Å². The summed E-state index contributed by atoms with van der Waals surface area (Å²) < 4.78 is 0. The van der Waals surface area contributed by atoms with Gasteiger partial charge in [-0.3, -0.25) is 0 Å². The van der Waals surface area contributed by atoms with Gasteiger partial charge in [0.05, 0.1) is 0 Å². The van der Waals surface area contributed by atoms with E-state index in [0.29, 0.717) is 5.25 Å². The Balaban J connectivity index is 0.000000371. The molecular weight excluding hydrogens is 142 g/mol. The lowest BCUT2D eigenvalue weighted by atomic mass is 10.4. The molecule has 1 rings (SSSR count). The lowest BCUT2D eigenvalue weighted by molar-refractivity contribution is 0.360. The standard InChI is InChI=1S/C6H13NS.C2H6/c1-2-7-4-3-6(8)5-7;1-2/h6,8H,2-5H2,1H3;1-2H3. The van der Waals surface area contributed by atoms with Gasteiger partial charge in [0.1, 0.15) is 0 Å². The van der Waals surface area contributed by atoms with Crippen LogP contribution in [0.3, 0.4) is 0 Å². The zero-order chi connectivity index (χ0) is 7.98. The van der Waals surface area contributed by atoms with E-state index in [4.69, 9.17) is 0 Å². The largest absolute Gasteiger partial charge is 0.302 e. The first-order chi connectivity index (χ1) is 4.83. The zero-order valence-electron chi connectivity index (χ0n) is 7.30. The molecule has 0 saturated carbocycles. The molecule has 0 N–H and O–H groups in total. The molecule has 1 atom stereocenters. The molecule has 0 aromatic heterocycles. The van der Waals surface area contributed by atoms with Crippen LogP contribution in [0.5, 0.6) is 0 Å². The van der Waals surface area contributed by atoms with E-state index in [1.807, 2.05) is 13.8 Å². The van der Waals surface area contributed by atoms with Crippen LogP contribution in [0.2, 0.25) is 0 Å². The van der Waals surface area contributed by atoms with Crippen LogP contribution >= 0.6 is 12.6 Å². The second-order valence-corrected chi connectivity index (χ2v) is 3.07. The van der Waals surface area contributed by atoms with Crippen LogP contribution in [0.25, 0.3) is 0 Å². The summed E-state index contributed by atoms with van der Waals surface area (Å²) in [6.07, 6.45) is 1.27. The minimum absolute atomic E-state index is 0.648. The maximum Gasteiger partial charge on any atom is 0.0156 e. The van der Waals surface area contributed by atoms with Crippen LogP contribution in [-0.2, 0) is 0 Å². The third kappa shape index (κ3) is 3.47. The summed E-state index contributed by atoms with van der Waals surface area (Å²) in [6.45, 7) is 9.84. The maximum atomic E-state index is 4.36. The highest BCUT2D eigenvalue weighted by Gasteiger charge is 2.16. The Bertz CT molecular complexity index is 75.7. The van der Waals surface area contributed by atoms with Gasteiger partial charge in [-0.1, -0.05) is 20.8 Å². The Morgan fingerprint density at radius 3 is 2.30 bits per heavy atom. The topological polar surface area (TPSA) is 3.24 Å². The molecule has 0 aromatic rings. The van der Waals surface area contributed by atoms with E-state index in [1.165, 1.54) is 26.1 Å². The molecule has 1 saturated heterocycles. The monoisotopic (exact) mass is 161 g/mol. The summed E-state index contributed by atoms with van der Waals surface area (Å²) in [7, 11) is 0. The predicted octanol–water partition coefficient (Wildman–Crippen LogP) is 2.04. The summed E-state index contributed by atoms with van der Waals surface area (Å²) in [5, 5.41) is 0.648. The first kappa shape index (κ1) is 10.3. The molecule has 0 bridgehead atoms. The number of rotatable bonds is 1. The van der Waals surface area contributed by atoms with Crippen LogP contribution in [0, 0.1) is 0 Å². The fourth-order valence-electron chi connectivity index (χ4n) is 1.10. The van der Waals surface area contributed by atoms with Crippen molar-refractivity contribution in [3.05, 3.63) is 0 Å². The zero-order valence-corrected chi connectivity index (χ0v) is 8.19. The van der Waals surface area contributed by atoms with E-state index in [-0.39, 0.29) is 0 Å². The lowest BCUT2D eigenvalue weighted by Crippen LogP contribution is -2.19. The van der Waals surface area contributed by atoms with Gasteiger partial charge >= 0.3 is 0 Å². The Morgan fingerprint density at radius 2 is 2.10 bits per heavy atom. The predicted molar refractivity (Wildman–Crippen MR) is 50.9 cm³/mol. The second kappa shape index (κ2) is 6.05. The Morgan fingerprint density at radius 1 is 1.50 bits per heavy atom. The smallest absolute Gasteiger partial charge is 0.0156 e. The van der Waals surface area contributed by atoms with Crippen molar-refractivity contribution in [3.8, 4) is 0 Å². The van der Waals surface area contributed by atoms with E-state index in [9.17, 15) is 0 Å². The van der Waals surface area contributed by atoms with E-state index in [2.05, 4.69) is 24.5 Å².